The van der Waals surface area contributed by atoms with Crippen molar-refractivity contribution >= 4 is 5.78 Å². The molecule has 66 valence electrons. The number of allylic oxidation sites excluding steroid dienone is 4. The second-order valence-corrected chi connectivity index (χ2v) is 3.61. The maximum absolute atomic E-state index is 11.0. The Labute approximate surface area is 74.2 Å². The molecule has 0 unspecified atom stereocenters. The predicted molar refractivity (Wildman–Crippen MR) is 51.0 cm³/mol. The van der Waals surface area contributed by atoms with Gasteiger partial charge in [0.05, 0.1) is 0 Å². The van der Waals surface area contributed by atoms with Crippen LogP contribution in [0.5, 0.6) is 0 Å². The molecule has 0 N–H and O–H groups in total. The van der Waals surface area contributed by atoms with Crippen LogP contribution in [-0.2, 0) is 4.79 Å². The molecular weight excluding hydrogens is 148 g/mol. The van der Waals surface area contributed by atoms with Crippen LogP contribution in [0.3, 0.4) is 0 Å². The van der Waals surface area contributed by atoms with E-state index in [0.717, 1.165) is 25.7 Å². The largest absolute Gasteiger partial charge is 0.295 e. The van der Waals surface area contributed by atoms with Crippen molar-refractivity contribution in [3.05, 3.63) is 23.3 Å². The molecule has 0 fully saturated rings. The zero-order chi connectivity index (χ0) is 8.97. The minimum Gasteiger partial charge on any atom is -0.295 e. The Balaban J connectivity index is 2.52. The molecule has 1 rings (SSSR count). The minimum absolute atomic E-state index is 0.304. The van der Waals surface area contributed by atoms with Gasteiger partial charge in [0.1, 0.15) is 0 Å². The molecule has 0 aromatic heterocycles. The summed E-state index contributed by atoms with van der Waals surface area (Å²) >= 11 is 0. The van der Waals surface area contributed by atoms with Crippen molar-refractivity contribution in [3.8, 4) is 0 Å². The van der Waals surface area contributed by atoms with Gasteiger partial charge in [0, 0.05) is 6.42 Å². The molecule has 0 amide bonds. The van der Waals surface area contributed by atoms with Crippen LogP contribution in [0.25, 0.3) is 0 Å². The molecule has 0 aromatic rings. The third-order valence-electron chi connectivity index (χ3n) is 2.06. The molecule has 1 aliphatic rings. The summed E-state index contributed by atoms with van der Waals surface area (Å²) in [6, 6.07) is 0. The monoisotopic (exact) mass is 164 g/mol. The summed E-state index contributed by atoms with van der Waals surface area (Å²) in [4.78, 5) is 11.0. The fourth-order valence-electron chi connectivity index (χ4n) is 1.36. The van der Waals surface area contributed by atoms with E-state index in [1.165, 1.54) is 11.1 Å². The third kappa shape index (κ3) is 3.04. The Hall–Kier alpha value is -0.850. The van der Waals surface area contributed by atoms with Gasteiger partial charge in [-0.3, -0.25) is 4.79 Å². The summed E-state index contributed by atoms with van der Waals surface area (Å²) in [5.41, 5.74) is 2.63. The van der Waals surface area contributed by atoms with Gasteiger partial charge in [-0.15, -0.1) is 0 Å². The second-order valence-electron chi connectivity index (χ2n) is 3.61. The first-order chi connectivity index (χ1) is 5.68. The van der Waals surface area contributed by atoms with E-state index in [1.807, 2.05) is 6.08 Å². The molecule has 1 nitrogen and oxygen atoms in total. The van der Waals surface area contributed by atoms with Crippen LogP contribution >= 0.6 is 0 Å². The van der Waals surface area contributed by atoms with Gasteiger partial charge in [0.2, 0.25) is 0 Å². The highest BCUT2D eigenvalue weighted by Gasteiger charge is 2.07. The lowest BCUT2D eigenvalue weighted by atomic mass is 9.96. The lowest BCUT2D eigenvalue weighted by Crippen LogP contribution is -2.01. The standard InChI is InChI=1S/C11H16O/c1-9(2)6-7-10-4-3-5-11(12)8-10/h6,8H,3-5,7H2,1-2H3. The van der Waals surface area contributed by atoms with E-state index in [4.69, 9.17) is 0 Å². The van der Waals surface area contributed by atoms with Gasteiger partial charge in [0.25, 0.3) is 0 Å². The molecule has 0 aromatic carbocycles. The highest BCUT2D eigenvalue weighted by atomic mass is 16.1. The summed E-state index contributed by atoms with van der Waals surface area (Å²) in [6.07, 6.45) is 7.87. The van der Waals surface area contributed by atoms with Crippen molar-refractivity contribution in [2.24, 2.45) is 0 Å². The average molecular weight is 164 g/mol. The number of rotatable bonds is 2. The normalized spacial score (nSPS) is 17.2. The van der Waals surface area contributed by atoms with Gasteiger partial charge in [0.15, 0.2) is 5.78 Å². The van der Waals surface area contributed by atoms with Crippen LogP contribution in [-0.4, -0.2) is 5.78 Å². The van der Waals surface area contributed by atoms with Crippen molar-refractivity contribution in [2.75, 3.05) is 0 Å². The fourth-order valence-corrected chi connectivity index (χ4v) is 1.36. The minimum atomic E-state index is 0.304. The first kappa shape index (κ1) is 9.24. The molecule has 0 saturated heterocycles. The van der Waals surface area contributed by atoms with Crippen molar-refractivity contribution in [2.45, 2.75) is 39.5 Å². The van der Waals surface area contributed by atoms with Gasteiger partial charge in [-0.2, -0.15) is 0 Å². The number of carbonyl (C=O) groups excluding carboxylic acids is 1. The number of ketones is 1. The maximum atomic E-state index is 11.0. The molecule has 0 atom stereocenters. The molecule has 0 spiro atoms. The van der Waals surface area contributed by atoms with E-state index in [9.17, 15) is 4.79 Å². The van der Waals surface area contributed by atoms with Crippen LogP contribution in [0.2, 0.25) is 0 Å². The zero-order valence-corrected chi connectivity index (χ0v) is 7.89. The molecule has 1 aliphatic carbocycles. The SMILES string of the molecule is CC(C)=CCC1=CC(=O)CCC1. The Bertz CT molecular complexity index is 229. The van der Waals surface area contributed by atoms with Crippen molar-refractivity contribution in [1.29, 1.82) is 0 Å². The Kier molecular flexibility index (Phi) is 3.27. The van der Waals surface area contributed by atoms with Gasteiger partial charge in [-0.1, -0.05) is 17.2 Å². The van der Waals surface area contributed by atoms with Crippen LogP contribution in [0.15, 0.2) is 23.3 Å². The molecule has 12 heavy (non-hydrogen) atoms. The summed E-state index contributed by atoms with van der Waals surface area (Å²) in [5, 5.41) is 0. The van der Waals surface area contributed by atoms with Crippen LogP contribution < -0.4 is 0 Å². The third-order valence-corrected chi connectivity index (χ3v) is 2.06. The summed E-state index contributed by atoms with van der Waals surface area (Å²) in [5.74, 6) is 0.304. The molecule has 0 bridgehead atoms. The average Bonchev–Trinajstić information content (AvgIpc) is 2.01. The van der Waals surface area contributed by atoms with E-state index in [1.54, 1.807) is 0 Å². The lowest BCUT2D eigenvalue weighted by Gasteiger charge is -2.09. The molecule has 0 saturated carbocycles. The maximum Gasteiger partial charge on any atom is 0.155 e. The molecule has 1 heteroatoms. The van der Waals surface area contributed by atoms with Gasteiger partial charge in [-0.05, 0) is 39.2 Å². The molecule has 0 radical (unpaired) electrons. The Morgan fingerprint density at radius 1 is 1.50 bits per heavy atom. The highest BCUT2D eigenvalue weighted by Crippen LogP contribution is 2.18. The molecule has 0 aliphatic heterocycles. The second kappa shape index (κ2) is 4.24. The van der Waals surface area contributed by atoms with Gasteiger partial charge < -0.3 is 0 Å². The van der Waals surface area contributed by atoms with Crippen LogP contribution in [0.4, 0.5) is 0 Å². The number of carbonyl (C=O) groups is 1. The molecule has 0 heterocycles. The van der Waals surface area contributed by atoms with E-state index in [0.29, 0.717) is 5.78 Å². The zero-order valence-electron chi connectivity index (χ0n) is 7.89. The molecular formula is C11H16O. The summed E-state index contributed by atoms with van der Waals surface area (Å²) < 4.78 is 0. The smallest absolute Gasteiger partial charge is 0.155 e. The highest BCUT2D eigenvalue weighted by molar-refractivity contribution is 5.91. The first-order valence-electron chi connectivity index (χ1n) is 4.54. The van der Waals surface area contributed by atoms with Gasteiger partial charge >= 0.3 is 0 Å². The van der Waals surface area contributed by atoms with Crippen molar-refractivity contribution in [1.82, 2.24) is 0 Å². The lowest BCUT2D eigenvalue weighted by molar-refractivity contribution is -0.115. The fraction of sp³-hybridized carbons (Fsp3) is 0.545. The van der Waals surface area contributed by atoms with E-state index in [2.05, 4.69) is 19.9 Å². The van der Waals surface area contributed by atoms with E-state index >= 15 is 0 Å². The summed E-state index contributed by atoms with van der Waals surface area (Å²) in [7, 11) is 0. The number of hydrogen-bond donors (Lipinski definition) is 0. The van der Waals surface area contributed by atoms with E-state index in [-0.39, 0.29) is 0 Å². The summed E-state index contributed by atoms with van der Waals surface area (Å²) in [6.45, 7) is 4.18. The van der Waals surface area contributed by atoms with Crippen molar-refractivity contribution in [3.63, 3.8) is 0 Å². The van der Waals surface area contributed by atoms with Crippen LogP contribution in [0, 0.1) is 0 Å². The Morgan fingerprint density at radius 3 is 2.83 bits per heavy atom. The van der Waals surface area contributed by atoms with Crippen LogP contribution in [0.1, 0.15) is 39.5 Å². The number of hydrogen-bond acceptors (Lipinski definition) is 1. The first-order valence-corrected chi connectivity index (χ1v) is 4.54. The topological polar surface area (TPSA) is 17.1 Å². The Morgan fingerprint density at radius 2 is 2.25 bits per heavy atom. The predicted octanol–water partition coefficient (Wildman–Crippen LogP) is 3.02. The van der Waals surface area contributed by atoms with Gasteiger partial charge in [-0.25, -0.2) is 0 Å². The van der Waals surface area contributed by atoms with E-state index < -0.39 is 0 Å². The quantitative estimate of drug-likeness (QED) is 0.573. The van der Waals surface area contributed by atoms with Crippen molar-refractivity contribution < 1.29 is 4.79 Å².